The number of aromatic nitrogens is 1. The van der Waals surface area contributed by atoms with Gasteiger partial charge < -0.3 is 9.42 Å². The summed E-state index contributed by atoms with van der Waals surface area (Å²) in [6, 6.07) is 1.05. The summed E-state index contributed by atoms with van der Waals surface area (Å²) in [5, 5.41) is 3.96. The van der Waals surface area contributed by atoms with Crippen LogP contribution >= 0.6 is 0 Å². The van der Waals surface area contributed by atoms with E-state index in [4.69, 9.17) is 4.52 Å². The molecule has 9 nitrogen and oxygen atoms in total. The van der Waals surface area contributed by atoms with E-state index in [1.165, 1.54) is 11.3 Å². The van der Waals surface area contributed by atoms with Crippen LogP contribution in [0, 0.1) is 11.8 Å². The number of piperidine rings is 1. The van der Waals surface area contributed by atoms with Crippen molar-refractivity contribution in [3.8, 4) is 0 Å². The van der Waals surface area contributed by atoms with Crippen LogP contribution in [0.5, 0.6) is 0 Å². The van der Waals surface area contributed by atoms with Gasteiger partial charge in [0.15, 0.2) is 11.5 Å². The molecule has 4 rings (SSSR count). The molecule has 0 bridgehead atoms. The van der Waals surface area contributed by atoms with Crippen molar-refractivity contribution in [2.45, 2.75) is 45.7 Å². The number of fused-ring (bicyclic) bond motifs is 1. The van der Waals surface area contributed by atoms with Gasteiger partial charge in [0.2, 0.25) is 15.9 Å². The zero-order chi connectivity index (χ0) is 21.6. The highest BCUT2D eigenvalue weighted by molar-refractivity contribution is 7.89. The fraction of sp³-hybridized carbons (Fsp3) is 0.650. The SMILES string of the molecule is CC(C)[C@H]1C(=O)N(S(C)(=O)=O)C2=CCN(C(=O)c3cc(CN4CCCCC4)on3)[C@@H]21. The van der Waals surface area contributed by atoms with Gasteiger partial charge in [-0.25, -0.2) is 12.7 Å². The van der Waals surface area contributed by atoms with Crippen LogP contribution in [0.1, 0.15) is 49.4 Å². The summed E-state index contributed by atoms with van der Waals surface area (Å²) >= 11 is 0. The van der Waals surface area contributed by atoms with Crippen LogP contribution in [0.2, 0.25) is 0 Å². The predicted molar refractivity (Wildman–Crippen MR) is 109 cm³/mol. The molecule has 0 saturated carbocycles. The molecule has 2 saturated heterocycles. The summed E-state index contributed by atoms with van der Waals surface area (Å²) in [4.78, 5) is 29.9. The van der Waals surface area contributed by atoms with E-state index in [-0.39, 0.29) is 24.1 Å². The third kappa shape index (κ3) is 3.66. The van der Waals surface area contributed by atoms with Crippen LogP contribution in [-0.4, -0.2) is 71.4 Å². The predicted octanol–water partition coefficient (Wildman–Crippen LogP) is 1.44. The Morgan fingerprint density at radius 1 is 1.27 bits per heavy atom. The normalized spacial score (nSPS) is 25.2. The van der Waals surface area contributed by atoms with Crippen molar-refractivity contribution in [3.63, 3.8) is 0 Å². The molecule has 0 aliphatic carbocycles. The highest BCUT2D eigenvalue weighted by Crippen LogP contribution is 2.41. The molecular formula is C20H28N4O5S. The van der Waals surface area contributed by atoms with E-state index >= 15 is 0 Å². The number of hydrogen-bond donors (Lipinski definition) is 0. The third-order valence-electron chi connectivity index (χ3n) is 6.11. The number of likely N-dealkylation sites (tertiary alicyclic amines) is 1. The van der Waals surface area contributed by atoms with E-state index in [0.717, 1.165) is 36.5 Å². The summed E-state index contributed by atoms with van der Waals surface area (Å²) in [5.74, 6) is -0.940. The van der Waals surface area contributed by atoms with Gasteiger partial charge in [-0.3, -0.25) is 14.5 Å². The average Bonchev–Trinajstić information content (AvgIpc) is 3.35. The molecule has 2 fully saturated rings. The van der Waals surface area contributed by atoms with Crippen LogP contribution in [0.4, 0.5) is 0 Å². The maximum Gasteiger partial charge on any atom is 0.276 e. The van der Waals surface area contributed by atoms with E-state index in [0.29, 0.717) is 18.0 Å². The highest BCUT2D eigenvalue weighted by Gasteiger charge is 2.55. The molecule has 3 aliphatic rings. The standard InChI is InChI=1S/C20H28N4O5S/c1-13(2)17-18-16(24(20(17)26)30(3,27)28)7-10-23(18)19(25)15-11-14(29-21-15)12-22-8-5-4-6-9-22/h7,11,13,17-18H,4-6,8-10,12H2,1-3H3/t17-,18+/m1/s1. The first-order valence-electron chi connectivity index (χ1n) is 10.4. The second-order valence-electron chi connectivity index (χ2n) is 8.68. The molecule has 0 unspecified atom stereocenters. The highest BCUT2D eigenvalue weighted by atomic mass is 32.2. The number of rotatable bonds is 5. The zero-order valence-electron chi connectivity index (χ0n) is 17.6. The van der Waals surface area contributed by atoms with Gasteiger partial charge in [-0.15, -0.1) is 0 Å². The second kappa shape index (κ2) is 7.81. The van der Waals surface area contributed by atoms with Crippen molar-refractivity contribution >= 4 is 21.8 Å². The minimum absolute atomic E-state index is 0.127. The van der Waals surface area contributed by atoms with E-state index < -0.39 is 27.9 Å². The van der Waals surface area contributed by atoms with Crippen molar-refractivity contribution < 1.29 is 22.5 Å². The molecule has 0 aromatic carbocycles. The van der Waals surface area contributed by atoms with Crippen LogP contribution in [0.15, 0.2) is 22.4 Å². The lowest BCUT2D eigenvalue weighted by Gasteiger charge is -2.28. The summed E-state index contributed by atoms with van der Waals surface area (Å²) in [5.41, 5.74) is 0.552. The van der Waals surface area contributed by atoms with Gasteiger partial charge in [0.05, 0.1) is 30.5 Å². The number of carbonyl (C=O) groups is 2. The fourth-order valence-electron chi connectivity index (χ4n) is 4.75. The molecule has 1 aromatic rings. The van der Waals surface area contributed by atoms with E-state index in [1.54, 1.807) is 12.1 Å². The van der Waals surface area contributed by atoms with Crippen LogP contribution in [-0.2, 0) is 21.4 Å². The number of nitrogens with zero attached hydrogens (tertiary/aromatic N) is 4. The Balaban J connectivity index is 1.55. The van der Waals surface area contributed by atoms with E-state index in [2.05, 4.69) is 10.1 Å². The average molecular weight is 437 g/mol. The van der Waals surface area contributed by atoms with E-state index in [9.17, 15) is 18.0 Å². The van der Waals surface area contributed by atoms with Crippen molar-refractivity contribution in [2.24, 2.45) is 11.8 Å². The monoisotopic (exact) mass is 436 g/mol. The Bertz CT molecular complexity index is 977. The van der Waals surface area contributed by atoms with E-state index in [1.807, 2.05) is 13.8 Å². The summed E-state index contributed by atoms with van der Waals surface area (Å²) in [7, 11) is -3.76. The first-order chi connectivity index (χ1) is 14.2. The Kier molecular flexibility index (Phi) is 5.48. The van der Waals surface area contributed by atoms with Crippen molar-refractivity contribution in [1.82, 2.24) is 19.3 Å². The van der Waals surface area contributed by atoms with Crippen LogP contribution in [0.25, 0.3) is 0 Å². The van der Waals surface area contributed by atoms with Gasteiger partial charge in [-0.2, -0.15) is 0 Å². The maximum atomic E-state index is 13.2. The van der Waals surface area contributed by atoms with Crippen molar-refractivity contribution in [2.75, 3.05) is 25.9 Å². The number of carbonyl (C=O) groups excluding carboxylic acids is 2. The molecule has 2 amide bonds. The zero-order valence-corrected chi connectivity index (χ0v) is 18.4. The first kappa shape index (κ1) is 21.0. The Hall–Kier alpha value is -2.20. The second-order valence-corrected chi connectivity index (χ2v) is 10.5. The fourth-order valence-corrected chi connectivity index (χ4v) is 5.77. The molecule has 10 heteroatoms. The van der Waals surface area contributed by atoms with Gasteiger partial charge in [-0.05, 0) is 37.9 Å². The lowest BCUT2D eigenvalue weighted by molar-refractivity contribution is -0.128. The maximum absolute atomic E-state index is 13.2. The smallest absolute Gasteiger partial charge is 0.276 e. The minimum Gasteiger partial charge on any atom is -0.359 e. The van der Waals surface area contributed by atoms with Gasteiger partial charge in [-0.1, -0.05) is 25.4 Å². The van der Waals surface area contributed by atoms with Crippen LogP contribution in [0.3, 0.4) is 0 Å². The number of amides is 2. The molecule has 164 valence electrons. The quantitative estimate of drug-likeness (QED) is 0.688. The molecule has 2 atom stereocenters. The minimum atomic E-state index is -3.76. The molecule has 3 aliphatic heterocycles. The summed E-state index contributed by atoms with van der Waals surface area (Å²) < 4.78 is 30.7. The Morgan fingerprint density at radius 2 is 1.97 bits per heavy atom. The van der Waals surface area contributed by atoms with Gasteiger partial charge >= 0.3 is 0 Å². The van der Waals surface area contributed by atoms with Gasteiger partial charge in [0, 0.05) is 12.6 Å². The molecule has 0 spiro atoms. The topological polar surface area (TPSA) is 104 Å². The first-order valence-corrected chi connectivity index (χ1v) is 12.3. The lowest BCUT2D eigenvalue weighted by Crippen LogP contribution is -2.43. The largest absolute Gasteiger partial charge is 0.359 e. The van der Waals surface area contributed by atoms with Crippen molar-refractivity contribution in [3.05, 3.63) is 29.3 Å². The molecule has 4 heterocycles. The summed E-state index contributed by atoms with van der Waals surface area (Å²) in [6.07, 6.45) is 6.22. The number of hydrogen-bond acceptors (Lipinski definition) is 7. The lowest BCUT2D eigenvalue weighted by atomic mass is 9.89. The summed E-state index contributed by atoms with van der Waals surface area (Å²) in [6.45, 7) is 6.58. The van der Waals surface area contributed by atoms with Crippen molar-refractivity contribution in [1.29, 1.82) is 0 Å². The molecule has 30 heavy (non-hydrogen) atoms. The van der Waals surface area contributed by atoms with Gasteiger partial charge in [0.1, 0.15) is 0 Å². The molecular weight excluding hydrogens is 408 g/mol. The third-order valence-corrected chi connectivity index (χ3v) is 7.17. The van der Waals surface area contributed by atoms with Gasteiger partial charge in [0.25, 0.3) is 5.91 Å². The molecule has 1 aromatic heterocycles. The molecule has 0 N–H and O–H groups in total. The number of sulfonamides is 1. The van der Waals surface area contributed by atoms with Crippen LogP contribution < -0.4 is 0 Å². The molecule has 0 radical (unpaired) electrons. The Morgan fingerprint density at radius 3 is 2.60 bits per heavy atom. The Labute approximate surface area is 176 Å².